The van der Waals surface area contributed by atoms with Gasteiger partial charge < -0.3 is 19.5 Å². The quantitative estimate of drug-likeness (QED) is 0.101. The molecule has 0 aliphatic carbocycles. The normalized spacial score (nSPS) is 14.9. The molecule has 9 nitrogen and oxygen atoms in total. The molecule has 1 fully saturated rings. The number of hydrogen-bond acceptors (Lipinski definition) is 5. The zero-order chi connectivity index (χ0) is 30.7. The lowest BCUT2D eigenvalue weighted by molar-refractivity contribution is -0.384. The Hall–Kier alpha value is -4.76. The molecule has 5 rings (SSSR count). The smallest absolute Gasteiger partial charge is 0.407 e. The standard InChI is InChI=1S/C35H39N5O4/c41-35(42)39(24-29-13-15-33(16-14-29)40(43)44)20-7-8-28-17-21-37(22-18-28)23-19-32(30-9-3-1-4-10-30)25-38-26-34(36-27-38)31-11-5-2-6-12-31/h1-16,26-28,32H,17-25H2,(H,41,42). The van der Waals surface area contributed by atoms with Crippen molar-refractivity contribution in [3.05, 3.63) is 131 Å². The summed E-state index contributed by atoms with van der Waals surface area (Å²) in [7, 11) is 0. The van der Waals surface area contributed by atoms with E-state index in [0.29, 0.717) is 11.8 Å². The summed E-state index contributed by atoms with van der Waals surface area (Å²) in [6.07, 6.45) is 10.3. The van der Waals surface area contributed by atoms with Crippen LogP contribution in [0.3, 0.4) is 0 Å². The molecule has 4 aromatic rings. The van der Waals surface area contributed by atoms with E-state index < -0.39 is 11.0 Å². The number of amides is 1. The first kappa shape index (κ1) is 30.7. The van der Waals surface area contributed by atoms with Crippen LogP contribution in [0, 0.1) is 16.0 Å². The lowest BCUT2D eigenvalue weighted by Crippen LogP contribution is -2.35. The number of carboxylic acid groups (broad SMARTS) is 1. The van der Waals surface area contributed by atoms with Crippen molar-refractivity contribution in [2.24, 2.45) is 5.92 Å². The molecule has 1 atom stereocenters. The maximum absolute atomic E-state index is 11.8. The van der Waals surface area contributed by atoms with Gasteiger partial charge >= 0.3 is 6.09 Å². The monoisotopic (exact) mass is 593 g/mol. The Bertz CT molecular complexity index is 1510. The topological polar surface area (TPSA) is 105 Å². The molecule has 0 bridgehead atoms. The molecule has 44 heavy (non-hydrogen) atoms. The molecule has 1 aliphatic heterocycles. The number of rotatable bonds is 13. The van der Waals surface area contributed by atoms with Crippen LogP contribution in [0.5, 0.6) is 0 Å². The first-order chi connectivity index (χ1) is 21.4. The Morgan fingerprint density at radius 2 is 1.70 bits per heavy atom. The number of imidazole rings is 1. The molecule has 0 radical (unpaired) electrons. The van der Waals surface area contributed by atoms with E-state index in [9.17, 15) is 20.0 Å². The van der Waals surface area contributed by atoms with Gasteiger partial charge in [-0.1, -0.05) is 84.9 Å². The molecule has 1 unspecified atom stereocenters. The molecule has 1 amide bonds. The van der Waals surface area contributed by atoms with Gasteiger partial charge in [0.1, 0.15) is 0 Å². The highest BCUT2D eigenvalue weighted by molar-refractivity contribution is 5.65. The number of benzene rings is 3. The van der Waals surface area contributed by atoms with E-state index >= 15 is 0 Å². The average molecular weight is 594 g/mol. The fourth-order valence-corrected chi connectivity index (χ4v) is 5.80. The summed E-state index contributed by atoms with van der Waals surface area (Å²) in [6.45, 7) is 4.41. The molecular formula is C35H39N5O4. The Labute approximate surface area is 258 Å². The fourth-order valence-electron chi connectivity index (χ4n) is 5.80. The first-order valence-corrected chi connectivity index (χ1v) is 15.2. The third kappa shape index (κ3) is 8.64. The van der Waals surface area contributed by atoms with Crippen molar-refractivity contribution >= 4 is 11.8 Å². The third-order valence-electron chi connectivity index (χ3n) is 8.36. The second-order valence-electron chi connectivity index (χ2n) is 11.4. The van der Waals surface area contributed by atoms with Crippen molar-refractivity contribution in [1.82, 2.24) is 19.4 Å². The zero-order valence-corrected chi connectivity index (χ0v) is 24.8. The van der Waals surface area contributed by atoms with Crippen molar-refractivity contribution in [3.8, 4) is 11.3 Å². The van der Waals surface area contributed by atoms with Gasteiger partial charge in [-0.25, -0.2) is 9.78 Å². The summed E-state index contributed by atoms with van der Waals surface area (Å²) in [4.78, 5) is 30.7. The van der Waals surface area contributed by atoms with Crippen LogP contribution in [0.4, 0.5) is 10.5 Å². The zero-order valence-electron chi connectivity index (χ0n) is 24.8. The molecule has 9 heteroatoms. The molecule has 0 saturated carbocycles. The van der Waals surface area contributed by atoms with Crippen LogP contribution in [0.15, 0.2) is 110 Å². The van der Waals surface area contributed by atoms with Crippen molar-refractivity contribution in [1.29, 1.82) is 0 Å². The van der Waals surface area contributed by atoms with Crippen LogP contribution >= 0.6 is 0 Å². The van der Waals surface area contributed by atoms with Crippen LogP contribution in [0.2, 0.25) is 0 Å². The summed E-state index contributed by atoms with van der Waals surface area (Å²) in [6, 6.07) is 27.0. The molecule has 2 heterocycles. The lowest BCUT2D eigenvalue weighted by atomic mass is 9.93. The second-order valence-corrected chi connectivity index (χ2v) is 11.4. The minimum atomic E-state index is -1.01. The summed E-state index contributed by atoms with van der Waals surface area (Å²) in [5.41, 5.74) is 4.17. The van der Waals surface area contributed by atoms with Crippen molar-refractivity contribution < 1.29 is 14.8 Å². The van der Waals surface area contributed by atoms with Gasteiger partial charge in [0, 0.05) is 49.4 Å². The molecule has 0 spiro atoms. The van der Waals surface area contributed by atoms with Gasteiger partial charge in [0.25, 0.3) is 5.69 Å². The highest BCUT2D eigenvalue weighted by Crippen LogP contribution is 2.26. The van der Waals surface area contributed by atoms with E-state index in [0.717, 1.165) is 62.3 Å². The molecule has 3 aromatic carbocycles. The highest BCUT2D eigenvalue weighted by atomic mass is 16.6. The van der Waals surface area contributed by atoms with Crippen LogP contribution in [0.1, 0.15) is 36.3 Å². The van der Waals surface area contributed by atoms with Crippen molar-refractivity contribution in [2.75, 3.05) is 26.2 Å². The van der Waals surface area contributed by atoms with E-state index in [1.807, 2.05) is 30.6 Å². The van der Waals surface area contributed by atoms with Gasteiger partial charge in [0.2, 0.25) is 0 Å². The van der Waals surface area contributed by atoms with E-state index in [2.05, 4.69) is 69.2 Å². The number of allylic oxidation sites excluding steroid dienone is 1. The van der Waals surface area contributed by atoms with Gasteiger partial charge in [-0.15, -0.1) is 0 Å². The Morgan fingerprint density at radius 1 is 1.02 bits per heavy atom. The molecule has 1 aliphatic rings. The van der Waals surface area contributed by atoms with E-state index in [1.165, 1.54) is 22.6 Å². The highest BCUT2D eigenvalue weighted by Gasteiger charge is 2.20. The van der Waals surface area contributed by atoms with Gasteiger partial charge in [-0.3, -0.25) is 10.1 Å². The number of piperidine rings is 1. The number of likely N-dealkylation sites (tertiary alicyclic amines) is 1. The van der Waals surface area contributed by atoms with E-state index in [1.54, 1.807) is 12.1 Å². The lowest BCUT2D eigenvalue weighted by Gasteiger charge is -2.32. The Morgan fingerprint density at radius 3 is 2.36 bits per heavy atom. The Balaban J connectivity index is 1.10. The van der Waals surface area contributed by atoms with Crippen molar-refractivity contribution in [3.63, 3.8) is 0 Å². The van der Waals surface area contributed by atoms with Gasteiger partial charge in [0.05, 0.1) is 16.9 Å². The number of non-ortho nitro benzene ring substituents is 1. The molecule has 1 N–H and O–H groups in total. The fraction of sp³-hybridized carbons (Fsp3) is 0.314. The minimum Gasteiger partial charge on any atom is -0.465 e. The van der Waals surface area contributed by atoms with Gasteiger partial charge in [-0.05, 0) is 55.9 Å². The van der Waals surface area contributed by atoms with E-state index in [-0.39, 0.29) is 18.8 Å². The molecular weight excluding hydrogens is 554 g/mol. The maximum atomic E-state index is 11.8. The summed E-state index contributed by atoms with van der Waals surface area (Å²) in [5, 5.41) is 20.5. The Kier molecular flexibility index (Phi) is 10.5. The summed E-state index contributed by atoms with van der Waals surface area (Å²) < 4.78 is 2.21. The average Bonchev–Trinajstić information content (AvgIpc) is 3.53. The first-order valence-electron chi connectivity index (χ1n) is 15.2. The number of hydrogen-bond donors (Lipinski definition) is 1. The SMILES string of the molecule is O=C(O)N(CC=CC1CCN(CCC(Cn2cnc(-c3ccccc3)c2)c2ccccc2)CC1)Cc1ccc([N+](=O)[O-])cc1. The number of carbonyl (C=O) groups is 1. The minimum absolute atomic E-state index is 0.00641. The predicted octanol–water partition coefficient (Wildman–Crippen LogP) is 7.08. The number of aromatic nitrogens is 2. The van der Waals surface area contributed by atoms with Gasteiger partial charge in [-0.2, -0.15) is 0 Å². The van der Waals surface area contributed by atoms with Crippen LogP contribution < -0.4 is 0 Å². The number of nitrogens with zero attached hydrogens (tertiary/aromatic N) is 5. The summed E-state index contributed by atoms with van der Waals surface area (Å²) >= 11 is 0. The third-order valence-corrected chi connectivity index (χ3v) is 8.36. The van der Waals surface area contributed by atoms with Crippen LogP contribution in [-0.4, -0.2) is 61.7 Å². The number of nitro groups is 1. The summed E-state index contributed by atoms with van der Waals surface area (Å²) in [5.74, 6) is 0.804. The van der Waals surface area contributed by atoms with Crippen LogP contribution in [0.25, 0.3) is 11.3 Å². The van der Waals surface area contributed by atoms with E-state index in [4.69, 9.17) is 0 Å². The molecule has 1 aromatic heterocycles. The second kappa shape index (κ2) is 15.1. The van der Waals surface area contributed by atoms with Gasteiger partial charge in [0.15, 0.2) is 0 Å². The maximum Gasteiger partial charge on any atom is 0.407 e. The van der Waals surface area contributed by atoms with Crippen LogP contribution in [-0.2, 0) is 13.1 Å². The molecule has 1 saturated heterocycles. The van der Waals surface area contributed by atoms with Crippen molar-refractivity contribution in [2.45, 2.75) is 38.3 Å². The predicted molar refractivity (Wildman–Crippen MR) is 171 cm³/mol. The molecule has 228 valence electrons. The number of nitro benzene ring substituents is 1. The largest absolute Gasteiger partial charge is 0.465 e.